The Kier molecular flexibility index (Phi) is 4.44. The van der Waals surface area contributed by atoms with Crippen molar-refractivity contribution in [3.8, 4) is 17.2 Å². The highest BCUT2D eigenvalue weighted by molar-refractivity contribution is 5.89. The van der Waals surface area contributed by atoms with Crippen LogP contribution in [0.4, 0.5) is 5.69 Å². The fourth-order valence-corrected chi connectivity index (χ4v) is 1.72. The van der Waals surface area contributed by atoms with Gasteiger partial charge in [0.15, 0.2) is 11.5 Å². The zero-order valence-electron chi connectivity index (χ0n) is 11.3. The Labute approximate surface area is 117 Å². The molecule has 2 aromatic carbocycles. The van der Waals surface area contributed by atoms with Crippen molar-refractivity contribution < 1.29 is 14.6 Å². The predicted molar refractivity (Wildman–Crippen MR) is 78.9 cm³/mol. The number of aromatic hydroxyl groups is 1. The summed E-state index contributed by atoms with van der Waals surface area (Å²) < 4.78 is 10.3. The third kappa shape index (κ3) is 3.00. The number of rotatable bonds is 5. The summed E-state index contributed by atoms with van der Waals surface area (Å²) in [6.07, 6.45) is 1.49. The molecular formula is C15H16N2O3. The van der Waals surface area contributed by atoms with Gasteiger partial charge in [0.2, 0.25) is 0 Å². The largest absolute Gasteiger partial charge is 0.504 e. The van der Waals surface area contributed by atoms with Gasteiger partial charge in [0, 0.05) is 0 Å². The fourth-order valence-electron chi connectivity index (χ4n) is 1.72. The quantitative estimate of drug-likeness (QED) is 0.649. The smallest absolute Gasteiger partial charge is 0.170 e. The molecule has 2 rings (SSSR count). The number of nitrogens with one attached hydrogen (secondary N) is 1. The molecule has 0 aliphatic rings. The van der Waals surface area contributed by atoms with Crippen molar-refractivity contribution in [1.82, 2.24) is 0 Å². The van der Waals surface area contributed by atoms with Crippen molar-refractivity contribution in [1.29, 1.82) is 0 Å². The Bertz CT molecular complexity index is 598. The van der Waals surface area contributed by atoms with Crippen LogP contribution in [0.2, 0.25) is 0 Å². The number of hydrogen-bond donors (Lipinski definition) is 2. The summed E-state index contributed by atoms with van der Waals surface area (Å²) in [7, 11) is 3.02. The molecule has 0 bridgehead atoms. The van der Waals surface area contributed by atoms with E-state index in [1.165, 1.54) is 20.4 Å². The molecule has 0 radical (unpaired) electrons. The molecule has 20 heavy (non-hydrogen) atoms. The van der Waals surface area contributed by atoms with Gasteiger partial charge < -0.3 is 14.6 Å². The topological polar surface area (TPSA) is 63.1 Å². The first-order valence-electron chi connectivity index (χ1n) is 6.04. The highest BCUT2D eigenvalue weighted by Gasteiger charge is 2.11. The number of anilines is 1. The zero-order valence-corrected chi connectivity index (χ0v) is 11.3. The van der Waals surface area contributed by atoms with E-state index in [0.717, 1.165) is 5.69 Å². The SMILES string of the molecule is COc1ccc(OC)c(C=NNc2ccccc2)c1O. The average molecular weight is 272 g/mol. The normalized spacial score (nSPS) is 10.5. The Morgan fingerprint density at radius 2 is 1.65 bits per heavy atom. The molecule has 0 spiro atoms. The molecule has 2 aromatic rings. The van der Waals surface area contributed by atoms with Gasteiger partial charge in [-0.15, -0.1) is 0 Å². The lowest BCUT2D eigenvalue weighted by molar-refractivity contribution is 0.365. The van der Waals surface area contributed by atoms with Crippen molar-refractivity contribution in [2.24, 2.45) is 5.10 Å². The number of benzene rings is 2. The van der Waals surface area contributed by atoms with Crippen molar-refractivity contribution in [3.05, 3.63) is 48.0 Å². The number of para-hydroxylation sites is 1. The van der Waals surface area contributed by atoms with Gasteiger partial charge in [-0.1, -0.05) is 18.2 Å². The zero-order chi connectivity index (χ0) is 14.4. The molecule has 0 amide bonds. The summed E-state index contributed by atoms with van der Waals surface area (Å²) in [5, 5.41) is 14.2. The average Bonchev–Trinajstić information content (AvgIpc) is 2.50. The molecule has 0 atom stereocenters. The maximum Gasteiger partial charge on any atom is 0.170 e. The van der Waals surface area contributed by atoms with Crippen LogP contribution < -0.4 is 14.9 Å². The van der Waals surface area contributed by atoms with E-state index < -0.39 is 0 Å². The van der Waals surface area contributed by atoms with Crippen LogP contribution >= 0.6 is 0 Å². The van der Waals surface area contributed by atoms with E-state index in [0.29, 0.717) is 17.1 Å². The molecule has 0 unspecified atom stereocenters. The molecule has 0 aliphatic carbocycles. The molecule has 0 saturated heterocycles. The van der Waals surface area contributed by atoms with E-state index in [-0.39, 0.29) is 5.75 Å². The van der Waals surface area contributed by atoms with Crippen molar-refractivity contribution in [3.63, 3.8) is 0 Å². The summed E-state index contributed by atoms with van der Waals surface area (Å²) in [5.74, 6) is 0.874. The van der Waals surface area contributed by atoms with E-state index in [2.05, 4.69) is 10.5 Å². The van der Waals surface area contributed by atoms with Crippen LogP contribution in [0.15, 0.2) is 47.6 Å². The van der Waals surface area contributed by atoms with E-state index in [4.69, 9.17) is 9.47 Å². The second-order valence-electron chi connectivity index (χ2n) is 3.97. The minimum absolute atomic E-state index is 0.00883. The molecule has 0 aliphatic heterocycles. The number of nitrogens with zero attached hydrogens (tertiary/aromatic N) is 1. The summed E-state index contributed by atoms with van der Waals surface area (Å²) in [6.45, 7) is 0. The van der Waals surface area contributed by atoms with Crippen molar-refractivity contribution in [2.45, 2.75) is 0 Å². The van der Waals surface area contributed by atoms with Crippen LogP contribution in [0, 0.1) is 0 Å². The molecule has 0 heterocycles. The first-order chi connectivity index (χ1) is 9.76. The lowest BCUT2D eigenvalue weighted by Gasteiger charge is -2.10. The van der Waals surface area contributed by atoms with Crippen LogP contribution in [-0.4, -0.2) is 25.5 Å². The molecule has 104 valence electrons. The highest BCUT2D eigenvalue weighted by atomic mass is 16.5. The maximum absolute atomic E-state index is 10.1. The first-order valence-corrected chi connectivity index (χ1v) is 6.04. The van der Waals surface area contributed by atoms with E-state index in [1.54, 1.807) is 12.1 Å². The van der Waals surface area contributed by atoms with E-state index >= 15 is 0 Å². The Balaban J connectivity index is 2.23. The van der Waals surface area contributed by atoms with Crippen LogP contribution in [0.5, 0.6) is 17.2 Å². The number of ether oxygens (including phenoxy) is 2. The summed E-state index contributed by atoms with van der Waals surface area (Å²) in [6, 6.07) is 12.9. The monoisotopic (exact) mass is 272 g/mol. The number of phenols is 1. The molecule has 5 heteroatoms. The standard InChI is InChI=1S/C15H16N2O3/c1-19-13-8-9-14(20-2)15(18)12(13)10-16-17-11-6-4-3-5-7-11/h3-10,17-18H,1-2H3. The highest BCUT2D eigenvalue weighted by Crippen LogP contribution is 2.34. The summed E-state index contributed by atoms with van der Waals surface area (Å²) in [4.78, 5) is 0. The van der Waals surface area contributed by atoms with Gasteiger partial charge in [-0.05, 0) is 24.3 Å². The number of methoxy groups -OCH3 is 2. The Hall–Kier alpha value is -2.69. The molecule has 0 aromatic heterocycles. The molecule has 2 N–H and O–H groups in total. The fraction of sp³-hybridized carbons (Fsp3) is 0.133. The van der Waals surface area contributed by atoms with Gasteiger partial charge in [-0.3, -0.25) is 5.43 Å². The van der Waals surface area contributed by atoms with Gasteiger partial charge >= 0.3 is 0 Å². The van der Waals surface area contributed by atoms with Crippen LogP contribution in [0.3, 0.4) is 0 Å². The summed E-state index contributed by atoms with van der Waals surface area (Å²) in [5.41, 5.74) is 4.18. The van der Waals surface area contributed by atoms with Crippen molar-refractivity contribution in [2.75, 3.05) is 19.6 Å². The minimum Gasteiger partial charge on any atom is -0.504 e. The van der Waals surface area contributed by atoms with Crippen LogP contribution in [0.1, 0.15) is 5.56 Å². The number of hydrazone groups is 1. The predicted octanol–water partition coefficient (Wildman–Crippen LogP) is 2.86. The second-order valence-corrected chi connectivity index (χ2v) is 3.97. The van der Waals surface area contributed by atoms with Crippen molar-refractivity contribution >= 4 is 11.9 Å². The van der Waals surface area contributed by atoms with E-state index in [1.807, 2.05) is 30.3 Å². The maximum atomic E-state index is 10.1. The minimum atomic E-state index is -0.00883. The lowest BCUT2D eigenvalue weighted by Crippen LogP contribution is -1.96. The molecule has 0 fully saturated rings. The van der Waals surface area contributed by atoms with Gasteiger partial charge in [-0.25, -0.2) is 0 Å². The van der Waals surface area contributed by atoms with Gasteiger partial charge in [0.05, 0.1) is 31.7 Å². The van der Waals surface area contributed by atoms with Gasteiger partial charge in [0.25, 0.3) is 0 Å². The first kappa shape index (κ1) is 13.7. The molecule has 0 saturated carbocycles. The van der Waals surface area contributed by atoms with E-state index in [9.17, 15) is 5.11 Å². The van der Waals surface area contributed by atoms with Crippen LogP contribution in [0.25, 0.3) is 0 Å². The Morgan fingerprint density at radius 1 is 1.00 bits per heavy atom. The lowest BCUT2D eigenvalue weighted by atomic mass is 10.2. The summed E-state index contributed by atoms with van der Waals surface area (Å²) >= 11 is 0. The number of phenolic OH excluding ortho intramolecular Hbond substituents is 1. The Morgan fingerprint density at radius 3 is 2.30 bits per heavy atom. The third-order valence-corrected chi connectivity index (χ3v) is 2.74. The van der Waals surface area contributed by atoms with Crippen LogP contribution in [-0.2, 0) is 0 Å². The van der Waals surface area contributed by atoms with Gasteiger partial charge in [0.1, 0.15) is 5.75 Å². The molecule has 5 nitrogen and oxygen atoms in total. The third-order valence-electron chi connectivity index (χ3n) is 2.74. The molecular weight excluding hydrogens is 256 g/mol. The van der Waals surface area contributed by atoms with Gasteiger partial charge in [-0.2, -0.15) is 5.10 Å². The second kappa shape index (κ2) is 6.47. The number of hydrogen-bond acceptors (Lipinski definition) is 5.